The van der Waals surface area contributed by atoms with E-state index in [4.69, 9.17) is 11.1 Å². The smallest absolute Gasteiger partial charge is 0.319 e. The van der Waals surface area contributed by atoms with Gasteiger partial charge in [-0.1, -0.05) is 28.1 Å². The lowest BCUT2D eigenvalue weighted by Gasteiger charge is -2.09. The first-order valence-corrected chi connectivity index (χ1v) is 8.24. The van der Waals surface area contributed by atoms with Crippen molar-refractivity contribution in [1.82, 2.24) is 10.6 Å². The first kappa shape index (κ1) is 21.5. The predicted molar refractivity (Wildman–Crippen MR) is 108 cm³/mol. The fourth-order valence-electron chi connectivity index (χ4n) is 1.98. The fraction of sp³-hybridized carbons (Fsp3) is 0.118. The number of urea groups is 1. The molecule has 3 amide bonds. The summed E-state index contributed by atoms with van der Waals surface area (Å²) in [6.45, 7) is 0.249. The number of rotatable bonds is 6. The van der Waals surface area contributed by atoms with Crippen LogP contribution >= 0.6 is 28.3 Å². The Hall–Kier alpha value is -2.58. The molecule has 0 heterocycles. The minimum Gasteiger partial charge on any atom is -0.384 e. The number of nitrogens with one attached hydrogen (secondary N) is 4. The zero-order valence-corrected chi connectivity index (χ0v) is 16.1. The molecule has 0 bridgehead atoms. The SMILES string of the molecule is Cl.N=C(N)c1ccc(NC(=O)NCC(=O)NCc2cccc(Br)c2)cc1. The van der Waals surface area contributed by atoms with Gasteiger partial charge < -0.3 is 21.7 Å². The van der Waals surface area contributed by atoms with E-state index in [2.05, 4.69) is 31.9 Å². The number of carbonyl (C=O) groups is 2. The highest BCUT2D eigenvalue weighted by molar-refractivity contribution is 9.10. The first-order valence-electron chi connectivity index (χ1n) is 7.44. The number of nitrogens with two attached hydrogens (primary N) is 1. The van der Waals surface area contributed by atoms with Crippen molar-refractivity contribution in [2.24, 2.45) is 5.73 Å². The van der Waals surface area contributed by atoms with E-state index in [9.17, 15) is 9.59 Å². The number of amides is 3. The minimum absolute atomic E-state index is 0. The topological polar surface area (TPSA) is 120 Å². The van der Waals surface area contributed by atoms with Crippen LogP contribution in [0.5, 0.6) is 0 Å². The number of amidine groups is 1. The molecule has 0 saturated heterocycles. The summed E-state index contributed by atoms with van der Waals surface area (Å²) in [6, 6.07) is 13.6. The van der Waals surface area contributed by atoms with E-state index in [1.54, 1.807) is 24.3 Å². The number of benzene rings is 2. The van der Waals surface area contributed by atoms with Gasteiger partial charge in [0.1, 0.15) is 5.84 Å². The van der Waals surface area contributed by atoms with E-state index in [0.717, 1.165) is 10.0 Å². The quantitative estimate of drug-likeness (QED) is 0.351. The van der Waals surface area contributed by atoms with Gasteiger partial charge in [-0.2, -0.15) is 0 Å². The van der Waals surface area contributed by atoms with Crippen molar-refractivity contribution in [2.45, 2.75) is 6.54 Å². The van der Waals surface area contributed by atoms with Gasteiger partial charge in [0.05, 0.1) is 6.54 Å². The molecule has 0 aliphatic carbocycles. The largest absolute Gasteiger partial charge is 0.384 e. The van der Waals surface area contributed by atoms with E-state index >= 15 is 0 Å². The summed E-state index contributed by atoms with van der Waals surface area (Å²) < 4.78 is 0.938. The van der Waals surface area contributed by atoms with Crippen molar-refractivity contribution in [1.29, 1.82) is 5.41 Å². The van der Waals surface area contributed by atoms with Gasteiger partial charge in [0.15, 0.2) is 0 Å². The van der Waals surface area contributed by atoms with Gasteiger partial charge in [-0.15, -0.1) is 12.4 Å². The molecule has 0 unspecified atom stereocenters. The van der Waals surface area contributed by atoms with Gasteiger partial charge in [-0.05, 0) is 42.0 Å². The molecule has 9 heteroatoms. The van der Waals surface area contributed by atoms with Crippen molar-refractivity contribution in [3.63, 3.8) is 0 Å². The van der Waals surface area contributed by atoms with Crippen LogP contribution in [-0.2, 0) is 11.3 Å². The summed E-state index contributed by atoms with van der Waals surface area (Å²) in [4.78, 5) is 23.6. The lowest BCUT2D eigenvalue weighted by atomic mass is 10.2. The highest BCUT2D eigenvalue weighted by Gasteiger charge is 2.06. The maximum absolute atomic E-state index is 11.8. The molecular formula is C17H19BrClN5O2. The molecule has 2 rings (SSSR count). The summed E-state index contributed by atoms with van der Waals surface area (Å²) in [5.41, 5.74) is 7.42. The van der Waals surface area contributed by atoms with E-state index in [1.807, 2.05) is 24.3 Å². The molecule has 2 aromatic rings. The van der Waals surface area contributed by atoms with Gasteiger partial charge in [0.2, 0.25) is 5.91 Å². The molecule has 7 nitrogen and oxygen atoms in total. The number of hydrogen-bond acceptors (Lipinski definition) is 3. The average Bonchev–Trinajstić information content (AvgIpc) is 2.58. The van der Waals surface area contributed by atoms with Crippen LogP contribution < -0.4 is 21.7 Å². The Balaban J connectivity index is 0.00000338. The highest BCUT2D eigenvalue weighted by Crippen LogP contribution is 2.11. The molecule has 0 spiro atoms. The molecular weight excluding hydrogens is 422 g/mol. The van der Waals surface area contributed by atoms with Crippen LogP contribution in [0.15, 0.2) is 53.0 Å². The fourth-order valence-corrected chi connectivity index (χ4v) is 2.43. The van der Waals surface area contributed by atoms with Crippen LogP contribution in [0.2, 0.25) is 0 Å². The van der Waals surface area contributed by atoms with Crippen molar-refractivity contribution in [3.8, 4) is 0 Å². The minimum atomic E-state index is -0.492. The zero-order chi connectivity index (χ0) is 18.2. The lowest BCUT2D eigenvalue weighted by Crippen LogP contribution is -2.38. The molecule has 138 valence electrons. The van der Waals surface area contributed by atoms with E-state index in [0.29, 0.717) is 17.8 Å². The third-order valence-electron chi connectivity index (χ3n) is 3.24. The van der Waals surface area contributed by atoms with Crippen LogP contribution in [0.3, 0.4) is 0 Å². The Labute approximate surface area is 165 Å². The lowest BCUT2D eigenvalue weighted by molar-refractivity contribution is -0.120. The summed E-state index contributed by atoms with van der Waals surface area (Å²) >= 11 is 3.37. The van der Waals surface area contributed by atoms with Crippen LogP contribution in [-0.4, -0.2) is 24.3 Å². The second kappa shape index (κ2) is 10.4. The number of halogens is 2. The number of nitrogen functional groups attached to an aromatic ring is 1. The predicted octanol–water partition coefficient (Wildman–Crippen LogP) is 2.59. The maximum Gasteiger partial charge on any atom is 0.319 e. The molecule has 0 aromatic heterocycles. The standard InChI is InChI=1S/C17H18BrN5O2.ClH/c18-13-3-1-2-11(8-13)9-21-15(24)10-22-17(25)23-14-6-4-12(5-7-14)16(19)20;/h1-8H,9-10H2,(H3,19,20)(H,21,24)(H2,22,23,25);1H. The Bertz CT molecular complexity index is 783. The van der Waals surface area contributed by atoms with E-state index in [1.165, 1.54) is 0 Å². The summed E-state index contributed by atoms with van der Waals surface area (Å²) in [7, 11) is 0. The Kier molecular flexibility index (Phi) is 8.60. The zero-order valence-electron chi connectivity index (χ0n) is 13.7. The number of anilines is 1. The van der Waals surface area contributed by atoms with Gasteiger partial charge in [0, 0.05) is 22.3 Å². The molecule has 6 N–H and O–H groups in total. The first-order chi connectivity index (χ1) is 11.9. The molecule has 0 aliphatic heterocycles. The summed E-state index contributed by atoms with van der Waals surface area (Å²) in [6.07, 6.45) is 0. The van der Waals surface area contributed by atoms with Crippen LogP contribution in [0, 0.1) is 5.41 Å². The van der Waals surface area contributed by atoms with E-state index in [-0.39, 0.29) is 30.7 Å². The van der Waals surface area contributed by atoms with Crippen molar-refractivity contribution >= 4 is 51.8 Å². The van der Waals surface area contributed by atoms with Crippen molar-refractivity contribution in [3.05, 3.63) is 64.1 Å². The molecule has 26 heavy (non-hydrogen) atoms. The molecule has 0 saturated carbocycles. The molecule has 0 aliphatic rings. The molecule has 0 fully saturated rings. The normalized spacial score (nSPS) is 9.58. The Morgan fingerprint density at radius 1 is 1.08 bits per heavy atom. The van der Waals surface area contributed by atoms with Crippen LogP contribution in [0.25, 0.3) is 0 Å². The van der Waals surface area contributed by atoms with E-state index < -0.39 is 6.03 Å². The van der Waals surface area contributed by atoms with Crippen LogP contribution in [0.4, 0.5) is 10.5 Å². The Morgan fingerprint density at radius 3 is 2.38 bits per heavy atom. The highest BCUT2D eigenvalue weighted by atomic mass is 79.9. The molecule has 0 radical (unpaired) electrons. The maximum atomic E-state index is 11.8. The van der Waals surface area contributed by atoms with Gasteiger partial charge in [-0.3, -0.25) is 10.2 Å². The van der Waals surface area contributed by atoms with Crippen LogP contribution in [0.1, 0.15) is 11.1 Å². The molecule has 2 aromatic carbocycles. The number of carbonyl (C=O) groups excluding carboxylic acids is 2. The summed E-state index contributed by atoms with van der Waals surface area (Å²) in [5.74, 6) is -0.333. The van der Waals surface area contributed by atoms with Crippen molar-refractivity contribution < 1.29 is 9.59 Å². The summed E-state index contributed by atoms with van der Waals surface area (Å²) in [5, 5.41) is 15.1. The number of hydrogen-bond donors (Lipinski definition) is 5. The second-order valence-corrected chi connectivity index (χ2v) is 6.12. The second-order valence-electron chi connectivity index (χ2n) is 5.21. The van der Waals surface area contributed by atoms with Gasteiger partial charge in [-0.25, -0.2) is 4.79 Å². The average molecular weight is 441 g/mol. The van der Waals surface area contributed by atoms with Crippen molar-refractivity contribution in [2.75, 3.05) is 11.9 Å². The third-order valence-corrected chi connectivity index (χ3v) is 3.74. The molecule has 0 atom stereocenters. The third kappa shape index (κ3) is 7.12. The van der Waals surface area contributed by atoms with Gasteiger partial charge >= 0.3 is 6.03 Å². The Morgan fingerprint density at radius 2 is 1.77 bits per heavy atom. The van der Waals surface area contributed by atoms with Gasteiger partial charge in [0.25, 0.3) is 0 Å². The monoisotopic (exact) mass is 439 g/mol.